The molecule has 106 valence electrons. The van der Waals surface area contributed by atoms with Crippen molar-refractivity contribution in [1.82, 2.24) is 9.97 Å². The second-order valence-corrected chi connectivity index (χ2v) is 4.71. The molecule has 1 heterocycles. The lowest BCUT2D eigenvalue weighted by Crippen LogP contribution is -2.10. The number of aryl methyl sites for hydroxylation is 1. The molecule has 0 bridgehead atoms. The van der Waals surface area contributed by atoms with Crippen LogP contribution in [0, 0.1) is 6.92 Å². The Morgan fingerprint density at radius 1 is 1.35 bits per heavy atom. The highest BCUT2D eigenvalue weighted by Gasteiger charge is 2.07. The van der Waals surface area contributed by atoms with Gasteiger partial charge in [0.05, 0.1) is 18.5 Å². The van der Waals surface area contributed by atoms with E-state index < -0.39 is 0 Å². The summed E-state index contributed by atoms with van der Waals surface area (Å²) in [6.45, 7) is 2.50. The van der Waals surface area contributed by atoms with Gasteiger partial charge in [0, 0.05) is 6.54 Å². The summed E-state index contributed by atoms with van der Waals surface area (Å²) in [6, 6.07) is 7.94. The van der Waals surface area contributed by atoms with Crippen molar-refractivity contribution in [1.29, 1.82) is 0 Å². The summed E-state index contributed by atoms with van der Waals surface area (Å²) in [4.78, 5) is 8.09. The Morgan fingerprint density at radius 2 is 2.15 bits per heavy atom. The maximum Gasteiger partial charge on any atom is 0.224 e. The van der Waals surface area contributed by atoms with Gasteiger partial charge in [-0.1, -0.05) is 12.1 Å². The molecule has 0 saturated carbocycles. The Morgan fingerprint density at radius 3 is 2.90 bits per heavy atom. The van der Waals surface area contributed by atoms with E-state index in [9.17, 15) is 0 Å². The largest absolute Gasteiger partial charge is 0.497 e. The second kappa shape index (κ2) is 6.43. The van der Waals surface area contributed by atoms with Crippen molar-refractivity contribution >= 4 is 23.1 Å². The van der Waals surface area contributed by atoms with Gasteiger partial charge in [0.2, 0.25) is 5.28 Å². The summed E-state index contributed by atoms with van der Waals surface area (Å²) in [6.07, 6.45) is 0.831. The van der Waals surface area contributed by atoms with Crippen molar-refractivity contribution in [3.63, 3.8) is 0 Å². The standard InChI is InChI=1S/C14H17ClN4O/c1-9-12(16)13(19-14(15)18-9)17-7-6-10-4-3-5-11(8-10)20-2/h3-5,8H,6-7,16H2,1-2H3,(H,17,18,19). The van der Waals surface area contributed by atoms with E-state index in [4.69, 9.17) is 22.1 Å². The number of nitrogens with two attached hydrogens (primary N) is 1. The van der Waals surface area contributed by atoms with Gasteiger partial charge in [-0.3, -0.25) is 0 Å². The van der Waals surface area contributed by atoms with Crippen LogP contribution in [0.3, 0.4) is 0 Å². The van der Waals surface area contributed by atoms with Crippen molar-refractivity contribution in [2.45, 2.75) is 13.3 Å². The molecule has 5 nitrogen and oxygen atoms in total. The van der Waals surface area contributed by atoms with Crippen LogP contribution in [-0.2, 0) is 6.42 Å². The van der Waals surface area contributed by atoms with E-state index in [2.05, 4.69) is 15.3 Å². The number of anilines is 2. The summed E-state index contributed by atoms with van der Waals surface area (Å²) in [7, 11) is 1.66. The Labute approximate surface area is 123 Å². The van der Waals surface area contributed by atoms with E-state index >= 15 is 0 Å². The number of hydrogen-bond acceptors (Lipinski definition) is 5. The zero-order valence-electron chi connectivity index (χ0n) is 11.5. The van der Waals surface area contributed by atoms with Gasteiger partial charge in [-0.25, -0.2) is 4.98 Å². The van der Waals surface area contributed by atoms with Crippen LogP contribution in [0.25, 0.3) is 0 Å². The molecule has 0 atom stereocenters. The number of hydrogen-bond donors (Lipinski definition) is 2. The number of nitrogen functional groups attached to an aromatic ring is 1. The maximum absolute atomic E-state index is 5.91. The zero-order chi connectivity index (χ0) is 14.5. The average Bonchev–Trinajstić information content (AvgIpc) is 2.44. The van der Waals surface area contributed by atoms with E-state index in [0.717, 1.165) is 12.2 Å². The average molecular weight is 293 g/mol. The number of nitrogens with one attached hydrogen (secondary N) is 1. The number of benzene rings is 1. The van der Waals surface area contributed by atoms with Gasteiger partial charge in [-0.15, -0.1) is 0 Å². The maximum atomic E-state index is 5.91. The number of rotatable bonds is 5. The minimum absolute atomic E-state index is 0.195. The van der Waals surface area contributed by atoms with Crippen LogP contribution in [0.4, 0.5) is 11.5 Å². The first-order valence-corrected chi connectivity index (χ1v) is 6.64. The molecule has 0 fully saturated rings. The predicted molar refractivity (Wildman–Crippen MR) is 81.4 cm³/mol. The van der Waals surface area contributed by atoms with E-state index in [1.54, 1.807) is 14.0 Å². The molecule has 3 N–H and O–H groups in total. The third-order valence-corrected chi connectivity index (χ3v) is 3.12. The lowest BCUT2D eigenvalue weighted by atomic mass is 10.1. The number of halogens is 1. The van der Waals surface area contributed by atoms with Crippen LogP contribution in [0.2, 0.25) is 5.28 Å². The van der Waals surface area contributed by atoms with Crippen molar-refractivity contribution in [2.75, 3.05) is 24.7 Å². The highest BCUT2D eigenvalue weighted by atomic mass is 35.5. The number of ether oxygens (including phenoxy) is 1. The van der Waals surface area contributed by atoms with Gasteiger partial charge in [-0.2, -0.15) is 4.98 Å². The van der Waals surface area contributed by atoms with E-state index in [1.807, 2.05) is 24.3 Å². The molecule has 1 aromatic carbocycles. The molecule has 0 radical (unpaired) electrons. The van der Waals surface area contributed by atoms with Gasteiger partial charge in [0.1, 0.15) is 5.75 Å². The molecule has 1 aromatic heterocycles. The second-order valence-electron chi connectivity index (χ2n) is 4.37. The van der Waals surface area contributed by atoms with Gasteiger partial charge in [-0.05, 0) is 42.6 Å². The van der Waals surface area contributed by atoms with Gasteiger partial charge in [0.25, 0.3) is 0 Å². The molecule has 0 amide bonds. The van der Waals surface area contributed by atoms with Crippen molar-refractivity contribution in [3.8, 4) is 5.75 Å². The third-order valence-electron chi connectivity index (χ3n) is 2.95. The highest BCUT2D eigenvalue weighted by molar-refractivity contribution is 6.28. The van der Waals surface area contributed by atoms with Gasteiger partial charge in [0.15, 0.2) is 5.82 Å². The fraction of sp³-hybridized carbons (Fsp3) is 0.286. The highest BCUT2D eigenvalue weighted by Crippen LogP contribution is 2.20. The van der Waals surface area contributed by atoms with Crippen LogP contribution < -0.4 is 15.8 Å². The van der Waals surface area contributed by atoms with Crippen molar-refractivity contribution < 1.29 is 4.74 Å². The molecule has 0 spiro atoms. The molecule has 0 aliphatic carbocycles. The lowest BCUT2D eigenvalue weighted by molar-refractivity contribution is 0.414. The zero-order valence-corrected chi connectivity index (χ0v) is 12.2. The molecule has 20 heavy (non-hydrogen) atoms. The molecular formula is C14H17ClN4O. The van der Waals surface area contributed by atoms with Gasteiger partial charge >= 0.3 is 0 Å². The SMILES string of the molecule is COc1cccc(CCNc2nc(Cl)nc(C)c2N)c1. The lowest BCUT2D eigenvalue weighted by Gasteiger charge is -2.10. The first-order chi connectivity index (χ1) is 9.60. The number of methoxy groups -OCH3 is 1. The van der Waals surface area contributed by atoms with Gasteiger partial charge < -0.3 is 15.8 Å². The van der Waals surface area contributed by atoms with Crippen LogP contribution in [0.5, 0.6) is 5.75 Å². The monoisotopic (exact) mass is 292 g/mol. The van der Waals surface area contributed by atoms with Crippen LogP contribution in [0.15, 0.2) is 24.3 Å². The summed E-state index contributed by atoms with van der Waals surface area (Å²) in [5.74, 6) is 1.42. The van der Waals surface area contributed by atoms with Crippen molar-refractivity contribution in [3.05, 3.63) is 40.8 Å². The molecule has 2 aromatic rings. The number of nitrogens with zero attached hydrogens (tertiary/aromatic N) is 2. The first kappa shape index (κ1) is 14.4. The minimum Gasteiger partial charge on any atom is -0.497 e. The fourth-order valence-corrected chi connectivity index (χ4v) is 2.05. The van der Waals surface area contributed by atoms with Crippen LogP contribution in [0.1, 0.15) is 11.3 Å². The quantitative estimate of drug-likeness (QED) is 0.829. The summed E-state index contributed by atoms with van der Waals surface area (Å²) < 4.78 is 5.19. The summed E-state index contributed by atoms with van der Waals surface area (Å²) in [5.41, 5.74) is 8.29. The summed E-state index contributed by atoms with van der Waals surface area (Å²) in [5, 5.41) is 3.37. The molecular weight excluding hydrogens is 276 g/mol. The predicted octanol–water partition coefficient (Wildman–Crippen LogP) is 2.68. The molecule has 2 rings (SSSR count). The molecule has 0 unspecified atom stereocenters. The van der Waals surface area contributed by atoms with E-state index in [1.165, 1.54) is 5.56 Å². The van der Waals surface area contributed by atoms with Crippen molar-refractivity contribution in [2.24, 2.45) is 0 Å². The fourth-order valence-electron chi connectivity index (χ4n) is 1.84. The topological polar surface area (TPSA) is 73.1 Å². The normalized spacial score (nSPS) is 10.3. The summed E-state index contributed by atoms with van der Waals surface area (Å²) >= 11 is 5.82. The number of aromatic nitrogens is 2. The molecule has 0 saturated heterocycles. The molecule has 6 heteroatoms. The van der Waals surface area contributed by atoms with Crippen LogP contribution in [-0.4, -0.2) is 23.6 Å². The van der Waals surface area contributed by atoms with Crippen LogP contribution >= 0.6 is 11.6 Å². The smallest absolute Gasteiger partial charge is 0.224 e. The Hall–Kier alpha value is -2.01. The minimum atomic E-state index is 0.195. The Balaban J connectivity index is 1.99. The van der Waals surface area contributed by atoms with E-state index in [0.29, 0.717) is 23.7 Å². The first-order valence-electron chi connectivity index (χ1n) is 6.26. The third kappa shape index (κ3) is 3.51. The Kier molecular flexibility index (Phi) is 4.63. The molecule has 0 aliphatic heterocycles. The molecule has 0 aliphatic rings. The Bertz CT molecular complexity index is 604. The van der Waals surface area contributed by atoms with E-state index in [-0.39, 0.29) is 5.28 Å².